The average Bonchev–Trinajstić information content (AvgIpc) is 2.76. The molecule has 0 bridgehead atoms. The molecule has 0 aromatic rings. The van der Waals surface area contributed by atoms with Crippen LogP contribution in [0.25, 0.3) is 0 Å². The summed E-state index contributed by atoms with van der Waals surface area (Å²) in [5, 5.41) is 72.4. The van der Waals surface area contributed by atoms with E-state index in [0.717, 1.165) is 18.2 Å². The third kappa shape index (κ3) is 45.1. The van der Waals surface area contributed by atoms with Crippen LogP contribution in [0, 0.1) is 5.41 Å². The minimum Gasteiger partial charge on any atom is -0.478 e. The fourth-order valence-corrected chi connectivity index (χ4v) is 0.443. The molecule has 0 aliphatic carbocycles. The van der Waals surface area contributed by atoms with Crippen molar-refractivity contribution in [3.63, 3.8) is 0 Å². The lowest BCUT2D eigenvalue weighted by Gasteiger charge is -2.23. The third-order valence-electron chi connectivity index (χ3n) is 2.23. The van der Waals surface area contributed by atoms with Crippen LogP contribution in [0.2, 0.25) is 0 Å². The van der Waals surface area contributed by atoms with Crippen LogP contribution in [0.15, 0.2) is 50.1 Å². The Morgan fingerprint density at radius 1 is 0.500 bits per heavy atom. The predicted octanol–water partition coefficient (Wildman–Crippen LogP) is -1.58. The van der Waals surface area contributed by atoms with Crippen LogP contribution in [0.3, 0.4) is 0 Å². The zero-order chi connectivity index (χ0) is 26.8. The summed E-state index contributed by atoms with van der Waals surface area (Å²) in [5.74, 6) is -5.46. The molecule has 0 amide bonds. The van der Waals surface area contributed by atoms with E-state index in [1.165, 1.54) is 0 Å². The molecule has 0 atom stereocenters. The summed E-state index contributed by atoms with van der Waals surface area (Å²) in [6, 6.07) is 0. The Morgan fingerprint density at radius 2 is 0.656 bits per heavy atom. The van der Waals surface area contributed by atoms with Crippen LogP contribution in [0.5, 0.6) is 0 Å². The number of carboxylic acid groups (broad SMARTS) is 5. The Kier molecular flexibility index (Phi) is 32.9. The first kappa shape index (κ1) is 38.7. The maximum absolute atomic E-state index is 9.55. The van der Waals surface area contributed by atoms with Crippen molar-refractivity contribution in [2.75, 3.05) is 26.4 Å². The highest BCUT2D eigenvalue weighted by atomic mass is 16.4. The average molecular weight is 468 g/mol. The molecule has 9 N–H and O–H groups in total. The monoisotopic (exact) mass is 468 g/mol. The largest absolute Gasteiger partial charge is 0.478 e. The van der Waals surface area contributed by atoms with Gasteiger partial charge in [0.15, 0.2) is 0 Å². The van der Waals surface area contributed by atoms with Crippen LogP contribution < -0.4 is 0 Å². The highest BCUT2D eigenvalue weighted by Crippen LogP contribution is 2.11. The third-order valence-corrected chi connectivity index (χ3v) is 2.23. The van der Waals surface area contributed by atoms with Gasteiger partial charge in [0.05, 0.1) is 31.8 Å². The van der Waals surface area contributed by atoms with Crippen molar-refractivity contribution in [1.82, 2.24) is 0 Å². The van der Waals surface area contributed by atoms with Gasteiger partial charge in [-0.05, 0) is 0 Å². The summed E-state index contributed by atoms with van der Waals surface area (Å²) < 4.78 is 0. The molecule has 0 saturated carbocycles. The lowest BCUT2D eigenvalue weighted by molar-refractivity contribution is -0.134. The summed E-state index contributed by atoms with van der Waals surface area (Å²) in [5.41, 5.74) is -1.11. The van der Waals surface area contributed by atoms with Gasteiger partial charge in [0, 0.05) is 30.4 Å². The molecule has 32 heavy (non-hydrogen) atoms. The van der Waals surface area contributed by atoms with E-state index in [9.17, 15) is 24.0 Å². The number of rotatable bonds is 9. The Morgan fingerprint density at radius 3 is 0.688 bits per heavy atom. The molecule has 0 aromatic carbocycles. The number of aliphatic carboxylic acids is 5. The highest BCUT2D eigenvalue weighted by molar-refractivity contribution is 5.89. The molecule has 0 aliphatic heterocycles. The quantitative estimate of drug-likeness (QED) is 0.173. The second-order valence-corrected chi connectivity index (χ2v) is 4.77. The Hall–Kier alpha value is -3.85. The molecule has 0 saturated heterocycles. The van der Waals surface area contributed by atoms with Gasteiger partial charge in [-0.2, -0.15) is 0 Å². The van der Waals surface area contributed by atoms with E-state index < -0.39 is 61.7 Å². The number of carbonyl (C=O) groups is 5. The highest BCUT2D eigenvalue weighted by Gasteiger charge is 2.26. The van der Waals surface area contributed by atoms with Gasteiger partial charge in [-0.3, -0.25) is 0 Å². The second-order valence-electron chi connectivity index (χ2n) is 4.77. The molecule has 0 spiro atoms. The summed E-state index contributed by atoms with van der Waals surface area (Å²) in [7, 11) is 0. The molecule has 0 fully saturated rings. The van der Waals surface area contributed by atoms with E-state index in [-0.39, 0.29) is 0 Å². The molecule has 0 heterocycles. The number of aliphatic hydroxyl groups is 4. The number of hydrogen-bond donors (Lipinski definition) is 9. The Balaban J connectivity index is -0.0000000976. The molecule has 0 radical (unpaired) electrons. The minimum absolute atomic E-state index is 0.406. The fourth-order valence-electron chi connectivity index (χ4n) is 0.443. The van der Waals surface area contributed by atoms with Gasteiger partial charge in [-0.1, -0.05) is 19.7 Å². The lowest BCUT2D eigenvalue weighted by atomic mass is 9.93. The van der Waals surface area contributed by atoms with Crippen LogP contribution in [-0.4, -0.2) is 102 Å². The molecule has 184 valence electrons. The zero-order valence-electron chi connectivity index (χ0n) is 16.9. The van der Waals surface area contributed by atoms with Gasteiger partial charge < -0.3 is 46.0 Å². The van der Waals surface area contributed by atoms with E-state index in [2.05, 4.69) is 19.7 Å². The van der Waals surface area contributed by atoms with Crippen molar-refractivity contribution in [3.05, 3.63) is 50.1 Å². The van der Waals surface area contributed by atoms with Crippen molar-refractivity contribution in [2.45, 2.75) is 0 Å². The van der Waals surface area contributed by atoms with E-state index in [0.29, 0.717) is 12.2 Å². The molecular formula is C18H28O14. The molecule has 0 unspecified atom stereocenters. The standard InChI is InChI=1S/C5H12O4.C4H4O4.3C3H4O2/c6-1-5(2-7,3-8)4-9;5-3(6)1-2-4(7)8;3*1-2-3(4)5/h6-9H,1-4H2;1-2H,(H,5,6)(H,7,8);3*2H,1H2,(H,4,5). The van der Waals surface area contributed by atoms with Crippen LogP contribution >= 0.6 is 0 Å². The van der Waals surface area contributed by atoms with E-state index in [1.54, 1.807) is 0 Å². The van der Waals surface area contributed by atoms with E-state index in [4.69, 9.17) is 46.0 Å². The lowest BCUT2D eigenvalue weighted by Crippen LogP contribution is -2.37. The molecule has 0 aliphatic rings. The van der Waals surface area contributed by atoms with Gasteiger partial charge >= 0.3 is 29.8 Å². The van der Waals surface area contributed by atoms with Crippen molar-refractivity contribution >= 4 is 29.8 Å². The van der Waals surface area contributed by atoms with Crippen molar-refractivity contribution in [3.8, 4) is 0 Å². The van der Waals surface area contributed by atoms with Crippen molar-refractivity contribution < 1.29 is 69.9 Å². The first-order valence-electron chi connectivity index (χ1n) is 7.82. The maximum atomic E-state index is 9.55. The van der Waals surface area contributed by atoms with Crippen LogP contribution in [0.4, 0.5) is 0 Å². The minimum atomic E-state index is -1.26. The maximum Gasteiger partial charge on any atom is 0.328 e. The van der Waals surface area contributed by atoms with Gasteiger partial charge in [-0.15, -0.1) is 0 Å². The topological polar surface area (TPSA) is 267 Å². The number of aliphatic hydroxyl groups excluding tert-OH is 4. The predicted molar refractivity (Wildman–Crippen MR) is 109 cm³/mol. The second kappa shape index (κ2) is 27.1. The first-order chi connectivity index (χ1) is 14.7. The molecular weight excluding hydrogens is 440 g/mol. The fraction of sp³-hybridized carbons (Fsp3) is 0.278. The van der Waals surface area contributed by atoms with Gasteiger partial charge in [0.1, 0.15) is 0 Å². The van der Waals surface area contributed by atoms with Crippen LogP contribution in [0.1, 0.15) is 0 Å². The smallest absolute Gasteiger partial charge is 0.328 e. The first-order valence-corrected chi connectivity index (χ1v) is 7.82. The Bertz CT molecular complexity index is 541. The normalized spacial score (nSPS) is 8.75. The molecule has 14 nitrogen and oxygen atoms in total. The zero-order valence-corrected chi connectivity index (χ0v) is 16.9. The number of hydrogen-bond acceptors (Lipinski definition) is 9. The SMILES string of the molecule is C=CC(=O)O.C=CC(=O)O.C=CC(=O)O.O=C(O)C=CC(=O)O.OCC(CO)(CO)CO. The summed E-state index contributed by atoms with van der Waals surface area (Å²) in [6.45, 7) is 7.26. The van der Waals surface area contributed by atoms with Crippen LogP contribution in [-0.2, 0) is 24.0 Å². The Labute approximate surface area is 182 Å². The molecule has 0 rings (SSSR count). The summed E-state index contributed by atoms with van der Waals surface area (Å²) in [4.78, 5) is 46.9. The summed E-state index contributed by atoms with van der Waals surface area (Å²) in [6.07, 6.45) is 3.62. The van der Waals surface area contributed by atoms with Gasteiger partial charge in [-0.25, -0.2) is 24.0 Å². The molecule has 14 heteroatoms. The summed E-state index contributed by atoms with van der Waals surface area (Å²) >= 11 is 0. The number of carboxylic acids is 5. The van der Waals surface area contributed by atoms with Crippen molar-refractivity contribution in [2.24, 2.45) is 5.41 Å². The van der Waals surface area contributed by atoms with Crippen molar-refractivity contribution in [1.29, 1.82) is 0 Å². The molecule has 0 aromatic heterocycles. The van der Waals surface area contributed by atoms with E-state index >= 15 is 0 Å². The van der Waals surface area contributed by atoms with E-state index in [1.807, 2.05) is 0 Å². The van der Waals surface area contributed by atoms with Gasteiger partial charge in [0.25, 0.3) is 0 Å². The van der Waals surface area contributed by atoms with Gasteiger partial charge in [0.2, 0.25) is 0 Å².